The highest BCUT2D eigenvalue weighted by atomic mass is 31.2. The van der Waals surface area contributed by atoms with E-state index in [1.54, 1.807) is 0 Å². The fourth-order valence-electron chi connectivity index (χ4n) is 4.63. The highest BCUT2D eigenvalue weighted by molar-refractivity contribution is 7.63. The van der Waals surface area contributed by atoms with Crippen LogP contribution in [0.5, 0.6) is 0 Å². The molecule has 0 aromatic rings. The largest absolute Gasteiger partial charge is 0.306 e. The van der Waals surface area contributed by atoms with Crippen LogP contribution in [0.15, 0.2) is 17.3 Å². The Morgan fingerprint density at radius 2 is 2.16 bits per heavy atom. The van der Waals surface area contributed by atoms with Gasteiger partial charge in [-0.3, -0.25) is 4.67 Å². The van der Waals surface area contributed by atoms with Crippen LogP contribution >= 0.6 is 7.29 Å². The van der Waals surface area contributed by atoms with E-state index in [1.807, 2.05) is 27.7 Å². The van der Waals surface area contributed by atoms with Gasteiger partial charge < -0.3 is 4.57 Å². The average molecular weight is 363 g/mol. The van der Waals surface area contributed by atoms with Crippen LogP contribution in [0.25, 0.3) is 10.4 Å². The quantitative estimate of drug-likeness (QED) is 0.185. The molecule has 4 unspecified atom stereocenters. The van der Waals surface area contributed by atoms with E-state index in [0.29, 0.717) is 30.7 Å². The van der Waals surface area contributed by atoms with E-state index >= 15 is 0 Å². The first kappa shape index (κ1) is 20.0. The van der Waals surface area contributed by atoms with Gasteiger partial charge in [0.05, 0.1) is 6.07 Å². The average Bonchev–Trinajstić information content (AvgIpc) is 3.18. The third-order valence-corrected chi connectivity index (χ3v) is 10.3. The van der Waals surface area contributed by atoms with E-state index in [1.165, 1.54) is 6.42 Å². The summed E-state index contributed by atoms with van der Waals surface area (Å²) in [5.41, 5.74) is 8.67. The Labute approximate surface area is 151 Å². The van der Waals surface area contributed by atoms with E-state index in [9.17, 15) is 4.57 Å². The molecular formula is C18H30N5OP. The van der Waals surface area contributed by atoms with Gasteiger partial charge in [-0.15, -0.1) is 0 Å². The minimum atomic E-state index is -2.85. The van der Waals surface area contributed by atoms with E-state index in [-0.39, 0.29) is 12.2 Å². The van der Waals surface area contributed by atoms with Gasteiger partial charge >= 0.3 is 0 Å². The molecule has 0 saturated heterocycles. The predicted octanol–water partition coefficient (Wildman–Crippen LogP) is 5.19. The minimum Gasteiger partial charge on any atom is -0.306 e. The molecule has 6 nitrogen and oxygen atoms in total. The van der Waals surface area contributed by atoms with Crippen LogP contribution in [0.4, 0.5) is 0 Å². The number of nitrogens with zero attached hydrogens (tertiary/aromatic N) is 5. The molecule has 138 valence electrons. The number of fused-ring (bicyclic) bond motifs is 2. The zero-order chi connectivity index (χ0) is 18.7. The van der Waals surface area contributed by atoms with Crippen molar-refractivity contribution in [3.8, 4) is 6.07 Å². The van der Waals surface area contributed by atoms with Gasteiger partial charge in [-0.2, -0.15) is 5.26 Å². The van der Waals surface area contributed by atoms with Gasteiger partial charge in [0.1, 0.15) is 0 Å². The number of rotatable bonds is 9. The zero-order valence-corrected chi connectivity index (χ0v) is 16.7. The van der Waals surface area contributed by atoms with Crippen LogP contribution in [-0.4, -0.2) is 35.1 Å². The Balaban J connectivity index is 2.30. The summed E-state index contributed by atoms with van der Waals surface area (Å²) >= 11 is 0. The third kappa shape index (κ3) is 3.95. The highest BCUT2D eigenvalue weighted by Crippen LogP contribution is 2.65. The van der Waals surface area contributed by atoms with Crippen molar-refractivity contribution in [1.29, 1.82) is 5.26 Å². The molecule has 2 bridgehead atoms. The zero-order valence-electron chi connectivity index (χ0n) is 15.8. The summed E-state index contributed by atoms with van der Waals surface area (Å²) in [5, 5.41) is 12.2. The van der Waals surface area contributed by atoms with Crippen molar-refractivity contribution in [2.75, 3.05) is 19.6 Å². The first-order valence-corrected chi connectivity index (χ1v) is 10.9. The van der Waals surface area contributed by atoms with Gasteiger partial charge in [-0.05, 0) is 36.1 Å². The maximum absolute atomic E-state index is 14.3. The Bertz CT molecular complexity index is 644. The monoisotopic (exact) mass is 363 g/mol. The lowest BCUT2D eigenvalue weighted by molar-refractivity contribution is 0.302. The molecule has 2 aliphatic rings. The topological polar surface area (TPSA) is 92.9 Å². The third-order valence-electron chi connectivity index (χ3n) is 5.85. The minimum absolute atomic E-state index is 0.0516. The van der Waals surface area contributed by atoms with Crippen LogP contribution in [-0.2, 0) is 4.57 Å². The number of azide groups is 1. The van der Waals surface area contributed by atoms with Crippen molar-refractivity contribution in [2.45, 2.75) is 57.8 Å². The molecule has 1 fully saturated rings. The summed E-state index contributed by atoms with van der Waals surface area (Å²) in [5.74, 6) is 1.76. The molecule has 0 N–H and O–H groups in total. The van der Waals surface area contributed by atoms with Gasteiger partial charge in [0.2, 0.25) is 0 Å². The molecule has 7 heteroatoms. The summed E-state index contributed by atoms with van der Waals surface area (Å²) in [6.07, 6.45) is 7.36. The van der Waals surface area contributed by atoms with Crippen LogP contribution in [0.2, 0.25) is 0 Å². The lowest BCUT2D eigenvalue weighted by Crippen LogP contribution is -2.41. The fourth-order valence-corrected chi connectivity index (χ4v) is 8.56. The second kappa shape index (κ2) is 7.96. The molecule has 0 aliphatic heterocycles. The number of hydrogen-bond acceptors (Lipinski definition) is 3. The maximum atomic E-state index is 14.3. The SMILES string of the molecule is CC(C)P(=O)(N(CCC#N)CC1CC2C=CC1C2)C(C)(C)CN=[N+]=[N-]. The van der Waals surface area contributed by atoms with Crippen molar-refractivity contribution in [1.82, 2.24) is 4.67 Å². The molecule has 0 aromatic carbocycles. The standard InChI is InChI=1S/C18H30N5OP/c1-14(2)25(24,18(3,4)13-21-22-20)23(9-5-8-19)12-17-11-15-6-7-16(17)10-15/h6-7,14-17H,5,9-13H2,1-4H3. The first-order valence-electron chi connectivity index (χ1n) is 9.17. The van der Waals surface area contributed by atoms with Crippen molar-refractivity contribution in [3.05, 3.63) is 22.6 Å². The van der Waals surface area contributed by atoms with E-state index in [4.69, 9.17) is 10.8 Å². The molecule has 2 rings (SSSR count). The molecule has 0 aromatic heterocycles. The Morgan fingerprint density at radius 3 is 2.64 bits per heavy atom. The van der Waals surface area contributed by atoms with Gasteiger partial charge in [0, 0.05) is 41.8 Å². The summed E-state index contributed by atoms with van der Waals surface area (Å²) in [7, 11) is -2.85. The second-order valence-electron chi connectivity index (χ2n) is 8.28. The number of hydrogen-bond donors (Lipinski definition) is 0. The van der Waals surface area contributed by atoms with E-state index < -0.39 is 12.4 Å². The fraction of sp³-hybridized carbons (Fsp3) is 0.833. The van der Waals surface area contributed by atoms with E-state index in [2.05, 4.69) is 32.9 Å². The maximum Gasteiger partial charge on any atom is 0.158 e. The molecule has 25 heavy (non-hydrogen) atoms. The summed E-state index contributed by atoms with van der Waals surface area (Å²) in [4.78, 5) is 2.87. The first-order chi connectivity index (χ1) is 11.8. The molecule has 0 heterocycles. The lowest BCUT2D eigenvalue weighted by atomic mass is 9.93. The van der Waals surface area contributed by atoms with Gasteiger partial charge in [0.25, 0.3) is 0 Å². The van der Waals surface area contributed by atoms with Crippen molar-refractivity contribution >= 4 is 7.29 Å². The highest BCUT2D eigenvalue weighted by Gasteiger charge is 2.48. The molecule has 1 saturated carbocycles. The molecule has 0 amide bonds. The number of allylic oxidation sites excluding steroid dienone is 2. The summed E-state index contributed by atoms with van der Waals surface area (Å²) in [6.45, 7) is 9.33. The molecule has 2 aliphatic carbocycles. The van der Waals surface area contributed by atoms with Gasteiger partial charge in [0.15, 0.2) is 7.29 Å². The van der Waals surface area contributed by atoms with E-state index in [0.717, 1.165) is 13.0 Å². The van der Waals surface area contributed by atoms with Gasteiger partial charge in [-0.1, -0.05) is 45.0 Å². The Morgan fingerprint density at radius 1 is 1.44 bits per heavy atom. The van der Waals surface area contributed by atoms with Crippen molar-refractivity contribution < 1.29 is 4.57 Å². The van der Waals surface area contributed by atoms with Crippen LogP contribution in [0.3, 0.4) is 0 Å². The second-order valence-corrected chi connectivity index (χ2v) is 12.3. The predicted molar refractivity (Wildman–Crippen MR) is 101 cm³/mol. The summed E-state index contributed by atoms with van der Waals surface area (Å²) < 4.78 is 16.3. The molecule has 0 spiro atoms. The number of nitriles is 1. The summed E-state index contributed by atoms with van der Waals surface area (Å²) in [6, 6.07) is 2.20. The van der Waals surface area contributed by atoms with Crippen molar-refractivity contribution in [2.24, 2.45) is 22.9 Å². The lowest BCUT2D eigenvalue weighted by Gasteiger charge is -2.45. The van der Waals surface area contributed by atoms with Crippen LogP contribution in [0, 0.1) is 29.1 Å². The molecule has 0 radical (unpaired) electrons. The van der Waals surface area contributed by atoms with Crippen LogP contribution in [0.1, 0.15) is 47.0 Å². The Hall–Kier alpha value is -1.27. The smallest absolute Gasteiger partial charge is 0.158 e. The van der Waals surface area contributed by atoms with Crippen molar-refractivity contribution in [3.63, 3.8) is 0 Å². The Kier molecular flexibility index (Phi) is 6.38. The normalized spacial score (nSPS) is 27.3. The van der Waals surface area contributed by atoms with Gasteiger partial charge in [-0.25, -0.2) is 0 Å². The van der Waals surface area contributed by atoms with Crippen LogP contribution < -0.4 is 0 Å². The molecule has 4 atom stereocenters. The molecular weight excluding hydrogens is 333 g/mol.